The standard InChI is InChI=1S/C18H21N5O2/c19-12-14-2-7-18(20-13-14)25-16-5-3-15(4-6-16)22-17(24)8-11-23-10-1-9-21-23/h1-2,7,9-10,13,15-16H,3-6,8,11H2,(H,22,24). The van der Waals surface area contributed by atoms with Crippen molar-refractivity contribution >= 4 is 5.91 Å². The minimum Gasteiger partial charge on any atom is -0.474 e. The molecule has 0 aliphatic heterocycles. The van der Waals surface area contributed by atoms with Crippen LogP contribution >= 0.6 is 0 Å². The maximum Gasteiger partial charge on any atom is 0.222 e. The van der Waals surface area contributed by atoms with Gasteiger partial charge in [0, 0.05) is 43.7 Å². The third kappa shape index (κ3) is 5.05. The van der Waals surface area contributed by atoms with Crippen LogP contribution in [-0.2, 0) is 11.3 Å². The second kappa shape index (κ2) is 8.29. The minimum absolute atomic E-state index is 0.0635. The van der Waals surface area contributed by atoms with Crippen molar-refractivity contribution in [2.24, 2.45) is 0 Å². The van der Waals surface area contributed by atoms with Crippen molar-refractivity contribution in [3.63, 3.8) is 0 Å². The van der Waals surface area contributed by atoms with E-state index >= 15 is 0 Å². The summed E-state index contributed by atoms with van der Waals surface area (Å²) in [5.41, 5.74) is 0.522. The molecule has 2 aromatic heterocycles. The number of aryl methyl sites for hydroxylation is 1. The smallest absolute Gasteiger partial charge is 0.222 e. The molecule has 1 aliphatic rings. The summed E-state index contributed by atoms with van der Waals surface area (Å²) in [7, 11) is 0. The molecule has 1 N–H and O–H groups in total. The molecule has 1 saturated carbocycles. The van der Waals surface area contributed by atoms with Crippen LogP contribution in [0.15, 0.2) is 36.8 Å². The van der Waals surface area contributed by atoms with Gasteiger partial charge in [0.1, 0.15) is 12.2 Å². The van der Waals surface area contributed by atoms with E-state index in [0.717, 1.165) is 25.7 Å². The van der Waals surface area contributed by atoms with Crippen molar-refractivity contribution < 1.29 is 9.53 Å². The van der Waals surface area contributed by atoms with Crippen LogP contribution < -0.4 is 10.1 Å². The van der Waals surface area contributed by atoms with E-state index in [9.17, 15) is 4.79 Å². The van der Waals surface area contributed by atoms with E-state index in [1.165, 1.54) is 6.20 Å². The lowest BCUT2D eigenvalue weighted by Gasteiger charge is -2.29. The Kier molecular flexibility index (Phi) is 5.62. The third-order valence-electron chi connectivity index (χ3n) is 4.32. The fourth-order valence-electron chi connectivity index (χ4n) is 2.96. The van der Waals surface area contributed by atoms with Crippen LogP contribution in [0, 0.1) is 11.3 Å². The molecule has 7 nitrogen and oxygen atoms in total. The second-order valence-electron chi connectivity index (χ2n) is 6.18. The van der Waals surface area contributed by atoms with Gasteiger partial charge in [0.05, 0.1) is 5.56 Å². The molecule has 1 amide bonds. The van der Waals surface area contributed by atoms with E-state index in [-0.39, 0.29) is 18.1 Å². The number of nitrogens with one attached hydrogen (secondary N) is 1. The quantitative estimate of drug-likeness (QED) is 0.869. The summed E-state index contributed by atoms with van der Waals surface area (Å²) in [4.78, 5) is 16.2. The zero-order valence-electron chi connectivity index (χ0n) is 14.0. The summed E-state index contributed by atoms with van der Waals surface area (Å²) < 4.78 is 7.62. The summed E-state index contributed by atoms with van der Waals surface area (Å²) in [6.07, 6.45) is 9.18. The first-order valence-corrected chi connectivity index (χ1v) is 8.52. The average molecular weight is 339 g/mol. The Morgan fingerprint density at radius 1 is 1.36 bits per heavy atom. The molecular weight excluding hydrogens is 318 g/mol. The van der Waals surface area contributed by atoms with Crippen molar-refractivity contribution in [2.75, 3.05) is 0 Å². The molecule has 1 aliphatic carbocycles. The van der Waals surface area contributed by atoms with E-state index in [2.05, 4.69) is 15.4 Å². The number of nitrogens with zero attached hydrogens (tertiary/aromatic N) is 4. The van der Waals surface area contributed by atoms with E-state index in [1.807, 2.05) is 18.3 Å². The number of carbonyl (C=O) groups excluding carboxylic acids is 1. The summed E-state index contributed by atoms with van der Waals surface area (Å²) in [5.74, 6) is 0.610. The first kappa shape index (κ1) is 17.0. The largest absolute Gasteiger partial charge is 0.474 e. The van der Waals surface area contributed by atoms with Gasteiger partial charge in [0.15, 0.2) is 0 Å². The summed E-state index contributed by atoms with van der Waals surface area (Å²) in [6, 6.07) is 7.52. The number of hydrogen-bond donors (Lipinski definition) is 1. The molecule has 25 heavy (non-hydrogen) atoms. The van der Waals surface area contributed by atoms with Gasteiger partial charge in [-0.1, -0.05) is 0 Å². The Labute approximate surface area is 146 Å². The van der Waals surface area contributed by atoms with Crippen LogP contribution in [0.3, 0.4) is 0 Å². The van der Waals surface area contributed by atoms with E-state index in [0.29, 0.717) is 24.4 Å². The molecule has 0 aromatic carbocycles. The molecule has 2 aromatic rings. The third-order valence-corrected chi connectivity index (χ3v) is 4.32. The minimum atomic E-state index is 0.0635. The van der Waals surface area contributed by atoms with Gasteiger partial charge in [-0.3, -0.25) is 9.48 Å². The summed E-state index contributed by atoms with van der Waals surface area (Å²) in [6.45, 7) is 0.599. The van der Waals surface area contributed by atoms with E-state index in [4.69, 9.17) is 10.00 Å². The number of ether oxygens (including phenoxy) is 1. The Hall–Kier alpha value is -2.88. The number of aromatic nitrogens is 3. The van der Waals surface area contributed by atoms with Gasteiger partial charge < -0.3 is 10.1 Å². The molecule has 1 fully saturated rings. The van der Waals surface area contributed by atoms with E-state index in [1.54, 1.807) is 23.0 Å². The maximum absolute atomic E-state index is 12.0. The molecule has 0 unspecified atom stereocenters. The van der Waals surface area contributed by atoms with Gasteiger partial charge in [0.2, 0.25) is 11.8 Å². The lowest BCUT2D eigenvalue weighted by Crippen LogP contribution is -2.40. The van der Waals surface area contributed by atoms with Gasteiger partial charge in [0.25, 0.3) is 0 Å². The highest BCUT2D eigenvalue weighted by molar-refractivity contribution is 5.76. The SMILES string of the molecule is N#Cc1ccc(OC2CCC(NC(=O)CCn3cccn3)CC2)nc1. The molecular formula is C18H21N5O2. The Bertz CT molecular complexity index is 713. The van der Waals surface area contributed by atoms with Crippen LogP contribution in [0.4, 0.5) is 0 Å². The lowest BCUT2D eigenvalue weighted by atomic mass is 9.93. The van der Waals surface area contributed by atoms with Gasteiger partial charge in [-0.15, -0.1) is 0 Å². The van der Waals surface area contributed by atoms with Crippen molar-refractivity contribution in [3.05, 3.63) is 42.4 Å². The van der Waals surface area contributed by atoms with Crippen molar-refractivity contribution in [2.45, 2.75) is 50.8 Å². The molecule has 2 heterocycles. The summed E-state index contributed by atoms with van der Waals surface area (Å²) >= 11 is 0. The van der Waals surface area contributed by atoms with Crippen LogP contribution in [0.5, 0.6) is 5.88 Å². The zero-order chi connectivity index (χ0) is 17.5. The zero-order valence-corrected chi connectivity index (χ0v) is 14.0. The van der Waals surface area contributed by atoms with Crippen molar-refractivity contribution in [1.82, 2.24) is 20.1 Å². The summed E-state index contributed by atoms with van der Waals surface area (Å²) in [5, 5.41) is 16.0. The van der Waals surface area contributed by atoms with Gasteiger partial charge in [-0.2, -0.15) is 10.4 Å². The maximum atomic E-state index is 12.0. The fraction of sp³-hybridized carbons (Fsp3) is 0.444. The molecule has 7 heteroatoms. The Morgan fingerprint density at radius 2 is 2.20 bits per heavy atom. The number of amides is 1. The van der Waals surface area contributed by atoms with Crippen LogP contribution in [0.2, 0.25) is 0 Å². The van der Waals surface area contributed by atoms with Crippen LogP contribution in [-0.4, -0.2) is 32.8 Å². The number of pyridine rings is 1. The average Bonchev–Trinajstić information content (AvgIpc) is 3.16. The number of nitriles is 1. The first-order chi connectivity index (χ1) is 12.2. The fourth-order valence-corrected chi connectivity index (χ4v) is 2.96. The van der Waals surface area contributed by atoms with Gasteiger partial charge in [-0.25, -0.2) is 4.98 Å². The molecule has 3 rings (SSSR count). The number of hydrogen-bond acceptors (Lipinski definition) is 5. The second-order valence-corrected chi connectivity index (χ2v) is 6.18. The monoisotopic (exact) mass is 339 g/mol. The molecule has 0 saturated heterocycles. The molecule has 0 radical (unpaired) electrons. The first-order valence-electron chi connectivity index (χ1n) is 8.52. The van der Waals surface area contributed by atoms with Crippen LogP contribution in [0.1, 0.15) is 37.7 Å². The lowest BCUT2D eigenvalue weighted by molar-refractivity contribution is -0.122. The van der Waals surface area contributed by atoms with Crippen molar-refractivity contribution in [3.8, 4) is 11.9 Å². The molecule has 0 spiro atoms. The predicted octanol–water partition coefficient (Wildman–Crippen LogP) is 2.05. The van der Waals surface area contributed by atoms with Gasteiger partial charge in [-0.05, 0) is 37.8 Å². The normalized spacial score (nSPS) is 19.8. The topological polar surface area (TPSA) is 92.8 Å². The number of carbonyl (C=O) groups is 1. The number of rotatable bonds is 6. The molecule has 130 valence electrons. The van der Waals surface area contributed by atoms with Crippen LogP contribution in [0.25, 0.3) is 0 Å². The molecule has 0 atom stereocenters. The van der Waals surface area contributed by atoms with Crippen molar-refractivity contribution in [1.29, 1.82) is 5.26 Å². The predicted molar refractivity (Wildman–Crippen MR) is 90.6 cm³/mol. The molecule has 0 bridgehead atoms. The Balaban J connectivity index is 1.37. The van der Waals surface area contributed by atoms with E-state index < -0.39 is 0 Å². The van der Waals surface area contributed by atoms with Gasteiger partial charge >= 0.3 is 0 Å². The highest BCUT2D eigenvalue weighted by atomic mass is 16.5. The Morgan fingerprint density at radius 3 is 2.84 bits per heavy atom. The highest BCUT2D eigenvalue weighted by Gasteiger charge is 2.23. The highest BCUT2D eigenvalue weighted by Crippen LogP contribution is 2.23.